The van der Waals surface area contributed by atoms with Crippen molar-refractivity contribution in [3.8, 4) is 17.2 Å². The van der Waals surface area contributed by atoms with E-state index in [9.17, 15) is 20.0 Å². The van der Waals surface area contributed by atoms with E-state index in [1.807, 2.05) is 6.07 Å². The summed E-state index contributed by atoms with van der Waals surface area (Å²) in [6.07, 6.45) is 0. The maximum atomic E-state index is 11.9. The largest absolute Gasteiger partial charge is 0.477 e. The Morgan fingerprint density at radius 2 is 2.00 bits per heavy atom. The number of pyridine rings is 1. The molecule has 0 unspecified atom stereocenters. The quantitative estimate of drug-likeness (QED) is 0.887. The molecule has 7 heteroatoms. The van der Waals surface area contributed by atoms with Crippen LogP contribution in [0.4, 0.5) is 0 Å². The number of nitriles is 1. The number of halogens is 2. The molecule has 0 radical (unpaired) electrons. The summed E-state index contributed by atoms with van der Waals surface area (Å²) in [5, 5.41) is 19.0. The van der Waals surface area contributed by atoms with Gasteiger partial charge in [-0.05, 0) is 24.6 Å². The Bertz CT molecular complexity index is 851. The summed E-state index contributed by atoms with van der Waals surface area (Å²) >= 11 is 11.7. The third kappa shape index (κ3) is 2.64. The van der Waals surface area contributed by atoms with Gasteiger partial charge in [-0.3, -0.25) is 4.79 Å². The predicted molar refractivity (Wildman–Crippen MR) is 78.9 cm³/mol. The van der Waals surface area contributed by atoms with Gasteiger partial charge in [0.25, 0.3) is 5.56 Å². The number of carboxylic acids is 1. The summed E-state index contributed by atoms with van der Waals surface area (Å²) in [5.74, 6) is -1.42. The first-order valence-electron chi connectivity index (χ1n) is 5.72. The second-order valence-electron chi connectivity index (χ2n) is 4.25. The Morgan fingerprint density at radius 1 is 1.33 bits per heavy atom. The van der Waals surface area contributed by atoms with Crippen molar-refractivity contribution in [1.82, 2.24) is 4.98 Å². The average Bonchev–Trinajstić information content (AvgIpc) is 2.40. The monoisotopic (exact) mass is 322 g/mol. The normalized spacial score (nSPS) is 10.2. The Kier molecular flexibility index (Phi) is 4.03. The van der Waals surface area contributed by atoms with E-state index >= 15 is 0 Å². The van der Waals surface area contributed by atoms with Crippen LogP contribution < -0.4 is 5.56 Å². The topological polar surface area (TPSA) is 93.9 Å². The number of carboxylic acid groups (broad SMARTS) is 1. The lowest BCUT2D eigenvalue weighted by molar-refractivity contribution is 0.0696. The summed E-state index contributed by atoms with van der Waals surface area (Å²) in [5.41, 5.74) is -0.549. The number of hydrogen-bond donors (Lipinski definition) is 2. The molecule has 106 valence electrons. The smallest absolute Gasteiger partial charge is 0.342 e. The molecule has 2 aromatic rings. The Labute approximate surface area is 129 Å². The number of nitrogens with zero attached hydrogens (tertiary/aromatic N) is 1. The van der Waals surface area contributed by atoms with E-state index in [0.717, 1.165) is 0 Å². The molecule has 0 bridgehead atoms. The van der Waals surface area contributed by atoms with Gasteiger partial charge in [-0.15, -0.1) is 0 Å². The SMILES string of the molecule is Cc1[nH]c(=O)c(C(=O)O)c(-c2ccc(Cl)c(Cl)c2)c1C#N. The summed E-state index contributed by atoms with van der Waals surface area (Å²) in [4.78, 5) is 25.6. The second kappa shape index (κ2) is 5.60. The Morgan fingerprint density at radius 3 is 2.52 bits per heavy atom. The molecular formula is C14H8Cl2N2O3. The van der Waals surface area contributed by atoms with Crippen LogP contribution in [-0.2, 0) is 0 Å². The van der Waals surface area contributed by atoms with Crippen molar-refractivity contribution in [3.63, 3.8) is 0 Å². The van der Waals surface area contributed by atoms with E-state index in [1.54, 1.807) is 0 Å². The van der Waals surface area contributed by atoms with E-state index in [-0.39, 0.29) is 26.9 Å². The number of nitrogens with one attached hydrogen (secondary N) is 1. The first kappa shape index (κ1) is 15.1. The van der Waals surface area contributed by atoms with Crippen molar-refractivity contribution in [3.05, 3.63) is 55.4 Å². The number of carbonyl (C=O) groups is 1. The van der Waals surface area contributed by atoms with Crippen molar-refractivity contribution in [2.45, 2.75) is 6.92 Å². The van der Waals surface area contributed by atoms with Crippen LogP contribution in [0.5, 0.6) is 0 Å². The van der Waals surface area contributed by atoms with Gasteiger partial charge in [0.05, 0.1) is 15.6 Å². The van der Waals surface area contributed by atoms with E-state index in [2.05, 4.69) is 4.98 Å². The number of aromatic carboxylic acids is 1. The van der Waals surface area contributed by atoms with Crippen molar-refractivity contribution in [2.24, 2.45) is 0 Å². The van der Waals surface area contributed by atoms with Crippen molar-refractivity contribution < 1.29 is 9.90 Å². The third-order valence-corrected chi connectivity index (χ3v) is 3.68. The fourth-order valence-corrected chi connectivity index (χ4v) is 2.30. The zero-order valence-corrected chi connectivity index (χ0v) is 12.2. The molecule has 0 spiro atoms. The van der Waals surface area contributed by atoms with Gasteiger partial charge < -0.3 is 10.1 Å². The fourth-order valence-electron chi connectivity index (χ4n) is 2.01. The Hall–Kier alpha value is -2.29. The number of aryl methyl sites for hydroxylation is 1. The molecule has 0 saturated carbocycles. The van der Waals surface area contributed by atoms with Crippen LogP contribution >= 0.6 is 23.2 Å². The predicted octanol–water partition coefficient (Wildman–Crippen LogP) is 3.23. The number of aromatic amines is 1. The number of hydrogen-bond acceptors (Lipinski definition) is 3. The minimum Gasteiger partial charge on any atom is -0.477 e. The summed E-state index contributed by atoms with van der Waals surface area (Å²) in [7, 11) is 0. The number of benzene rings is 1. The van der Waals surface area contributed by atoms with Gasteiger partial charge in [0.15, 0.2) is 0 Å². The molecule has 0 aliphatic heterocycles. The van der Waals surface area contributed by atoms with Crippen LogP contribution in [0.25, 0.3) is 11.1 Å². The minimum atomic E-state index is -1.42. The highest BCUT2D eigenvalue weighted by Gasteiger charge is 2.22. The molecule has 0 atom stereocenters. The summed E-state index contributed by atoms with van der Waals surface area (Å²) in [6.45, 7) is 1.52. The average molecular weight is 323 g/mol. The first-order valence-corrected chi connectivity index (χ1v) is 6.48. The molecule has 2 rings (SSSR count). The summed E-state index contributed by atoms with van der Waals surface area (Å²) in [6, 6.07) is 6.32. The lowest BCUT2D eigenvalue weighted by Gasteiger charge is -2.11. The van der Waals surface area contributed by atoms with Gasteiger partial charge in [0.1, 0.15) is 11.6 Å². The van der Waals surface area contributed by atoms with E-state index in [4.69, 9.17) is 23.2 Å². The van der Waals surface area contributed by atoms with Gasteiger partial charge in [-0.2, -0.15) is 5.26 Å². The van der Waals surface area contributed by atoms with Crippen molar-refractivity contribution in [2.75, 3.05) is 0 Å². The highest BCUT2D eigenvalue weighted by Crippen LogP contribution is 2.32. The van der Waals surface area contributed by atoms with Crippen molar-refractivity contribution >= 4 is 29.2 Å². The van der Waals surface area contributed by atoms with Crippen LogP contribution in [0.1, 0.15) is 21.6 Å². The number of rotatable bonds is 2. The number of H-pyrrole nitrogens is 1. The highest BCUT2D eigenvalue weighted by molar-refractivity contribution is 6.42. The molecule has 0 aliphatic rings. The third-order valence-electron chi connectivity index (χ3n) is 2.94. The standard InChI is InChI=1S/C14H8Cl2N2O3/c1-6-8(5-17)11(12(14(20)21)13(19)18-6)7-2-3-9(15)10(16)4-7/h2-4H,1H3,(H,18,19)(H,20,21). The maximum absolute atomic E-state index is 11.9. The molecule has 0 amide bonds. The van der Waals surface area contributed by atoms with Gasteiger partial charge in [-0.25, -0.2) is 4.79 Å². The van der Waals surface area contributed by atoms with Gasteiger partial charge in [-0.1, -0.05) is 29.3 Å². The lowest BCUT2D eigenvalue weighted by atomic mass is 9.95. The van der Waals surface area contributed by atoms with E-state index in [1.165, 1.54) is 25.1 Å². The zero-order chi connectivity index (χ0) is 15.7. The molecular weight excluding hydrogens is 315 g/mol. The molecule has 0 saturated heterocycles. The molecule has 5 nitrogen and oxygen atoms in total. The van der Waals surface area contributed by atoms with Crippen LogP contribution in [0.15, 0.2) is 23.0 Å². The molecule has 1 aromatic carbocycles. The van der Waals surface area contributed by atoms with Gasteiger partial charge in [0.2, 0.25) is 0 Å². The molecule has 0 fully saturated rings. The van der Waals surface area contributed by atoms with Gasteiger partial charge in [0, 0.05) is 11.3 Å². The molecule has 2 N–H and O–H groups in total. The van der Waals surface area contributed by atoms with Crippen LogP contribution in [0, 0.1) is 18.3 Å². The zero-order valence-electron chi connectivity index (χ0n) is 10.7. The molecule has 0 aliphatic carbocycles. The maximum Gasteiger partial charge on any atom is 0.342 e. The first-order chi connectivity index (χ1) is 9.86. The highest BCUT2D eigenvalue weighted by atomic mass is 35.5. The lowest BCUT2D eigenvalue weighted by Crippen LogP contribution is -2.21. The molecule has 21 heavy (non-hydrogen) atoms. The molecule has 1 aromatic heterocycles. The van der Waals surface area contributed by atoms with Crippen LogP contribution in [0.2, 0.25) is 10.0 Å². The van der Waals surface area contributed by atoms with Gasteiger partial charge >= 0.3 is 5.97 Å². The van der Waals surface area contributed by atoms with Crippen LogP contribution in [0.3, 0.4) is 0 Å². The number of aromatic nitrogens is 1. The summed E-state index contributed by atoms with van der Waals surface area (Å²) < 4.78 is 0. The van der Waals surface area contributed by atoms with E-state index < -0.39 is 17.1 Å². The van der Waals surface area contributed by atoms with Crippen LogP contribution in [-0.4, -0.2) is 16.1 Å². The fraction of sp³-hybridized carbons (Fsp3) is 0.0714. The van der Waals surface area contributed by atoms with Crippen molar-refractivity contribution in [1.29, 1.82) is 5.26 Å². The molecule has 1 heterocycles. The minimum absolute atomic E-state index is 0.0322. The van der Waals surface area contributed by atoms with E-state index in [0.29, 0.717) is 5.56 Å². The second-order valence-corrected chi connectivity index (χ2v) is 5.06. The Balaban J connectivity index is 2.95.